The van der Waals surface area contributed by atoms with Crippen LogP contribution >= 0.6 is 0 Å². The van der Waals surface area contributed by atoms with Crippen molar-refractivity contribution in [2.24, 2.45) is 0 Å². The number of hydrogen-bond acceptors (Lipinski definition) is 2. The fourth-order valence-corrected chi connectivity index (χ4v) is 1.81. The van der Waals surface area contributed by atoms with E-state index in [9.17, 15) is 9.90 Å². The maximum Gasteiger partial charge on any atom is 0.339 e. The molecule has 0 aliphatic carbocycles. The molecule has 1 rings (SSSR count). The maximum atomic E-state index is 11.2. The summed E-state index contributed by atoms with van der Waals surface area (Å²) in [5.74, 6) is -0.355. The van der Waals surface area contributed by atoms with Crippen LogP contribution in [0.1, 0.15) is 55.5 Å². The maximum absolute atomic E-state index is 11.2. The molecule has 0 heterocycles. The average molecular weight is 316 g/mol. The minimum Gasteiger partial charge on any atom is -0.492 e. The average Bonchev–Trinajstić information content (AvgIpc) is 2.37. The molecule has 0 saturated heterocycles. The number of carboxylic acids is 1. The molecular formula is C15H22O3Zn. The third-order valence-corrected chi connectivity index (χ3v) is 2.87. The third kappa shape index (κ3) is 5.73. The second-order valence-electron chi connectivity index (χ2n) is 4.40. The Bertz CT molecular complexity index is 391. The van der Waals surface area contributed by atoms with E-state index in [0.29, 0.717) is 12.4 Å². The van der Waals surface area contributed by atoms with Crippen molar-refractivity contribution in [2.75, 3.05) is 6.61 Å². The minimum atomic E-state index is -0.917. The molecule has 102 valence electrons. The Morgan fingerprint density at radius 3 is 2.47 bits per heavy atom. The summed E-state index contributed by atoms with van der Waals surface area (Å²) in [6.07, 6.45) is 5.00. The van der Waals surface area contributed by atoms with Crippen LogP contribution in [0.3, 0.4) is 0 Å². The first-order chi connectivity index (χ1) is 8.70. The van der Waals surface area contributed by atoms with Crippen molar-refractivity contribution in [3.05, 3.63) is 29.3 Å². The van der Waals surface area contributed by atoms with E-state index in [4.69, 9.17) is 4.74 Å². The zero-order valence-corrected chi connectivity index (χ0v) is 14.9. The molecule has 0 fully saturated rings. The van der Waals surface area contributed by atoms with Gasteiger partial charge in [-0.25, -0.2) is 4.79 Å². The van der Waals surface area contributed by atoms with E-state index in [2.05, 4.69) is 13.8 Å². The van der Waals surface area contributed by atoms with Gasteiger partial charge in [-0.05, 0) is 30.9 Å². The van der Waals surface area contributed by atoms with E-state index in [1.807, 2.05) is 6.07 Å². The smallest absolute Gasteiger partial charge is 0.339 e. The van der Waals surface area contributed by atoms with Crippen molar-refractivity contribution < 1.29 is 34.1 Å². The van der Waals surface area contributed by atoms with Crippen molar-refractivity contribution >= 4 is 5.97 Å². The van der Waals surface area contributed by atoms with Crippen molar-refractivity contribution in [2.45, 2.75) is 46.0 Å². The number of aromatic carboxylic acids is 1. The molecule has 1 aromatic rings. The Morgan fingerprint density at radius 1 is 1.21 bits per heavy atom. The number of unbranched alkanes of at least 4 members (excludes halogenated alkanes) is 2. The normalized spacial score (nSPS) is 9.79. The zero-order valence-electron chi connectivity index (χ0n) is 11.9. The van der Waals surface area contributed by atoms with Crippen LogP contribution in [0.15, 0.2) is 18.2 Å². The SMILES string of the molecule is CCCCOc1c(CCCC)cccc1C(=O)O.[Zn]. The molecule has 3 nitrogen and oxygen atoms in total. The summed E-state index contributed by atoms with van der Waals surface area (Å²) in [5.41, 5.74) is 1.28. The Morgan fingerprint density at radius 2 is 1.89 bits per heavy atom. The van der Waals surface area contributed by atoms with E-state index < -0.39 is 5.97 Å². The van der Waals surface area contributed by atoms with Crippen LogP contribution in [-0.4, -0.2) is 17.7 Å². The molecule has 0 unspecified atom stereocenters. The standard InChI is InChI=1S/C15H22O3.Zn/c1-3-5-8-12-9-7-10-13(15(16)17)14(12)18-11-6-4-2;/h7,9-10H,3-6,8,11H2,1-2H3,(H,16,17);. The molecule has 1 N–H and O–H groups in total. The van der Waals surface area contributed by atoms with Crippen LogP contribution in [-0.2, 0) is 25.9 Å². The summed E-state index contributed by atoms with van der Waals surface area (Å²) in [6.45, 7) is 4.79. The molecular weight excluding hydrogens is 294 g/mol. The zero-order chi connectivity index (χ0) is 13.4. The molecule has 0 spiro atoms. The Hall–Kier alpha value is -0.887. The van der Waals surface area contributed by atoms with Crippen molar-refractivity contribution in [1.82, 2.24) is 0 Å². The summed E-state index contributed by atoms with van der Waals surface area (Å²) >= 11 is 0. The molecule has 0 saturated carbocycles. The van der Waals surface area contributed by atoms with Gasteiger partial charge in [-0.3, -0.25) is 0 Å². The van der Waals surface area contributed by atoms with Gasteiger partial charge in [-0.15, -0.1) is 0 Å². The molecule has 19 heavy (non-hydrogen) atoms. The molecule has 4 heteroatoms. The fraction of sp³-hybridized carbons (Fsp3) is 0.533. The second-order valence-corrected chi connectivity index (χ2v) is 4.40. The number of aryl methyl sites for hydroxylation is 1. The van der Waals surface area contributed by atoms with Crippen LogP contribution in [0.4, 0.5) is 0 Å². The van der Waals surface area contributed by atoms with Gasteiger partial charge in [0.25, 0.3) is 0 Å². The van der Waals surface area contributed by atoms with Gasteiger partial charge >= 0.3 is 5.97 Å². The number of para-hydroxylation sites is 1. The number of rotatable bonds is 8. The molecule has 0 bridgehead atoms. The quantitative estimate of drug-likeness (QED) is 0.584. The molecule has 0 aliphatic rings. The monoisotopic (exact) mass is 314 g/mol. The van der Waals surface area contributed by atoms with E-state index >= 15 is 0 Å². The summed E-state index contributed by atoms with van der Waals surface area (Å²) in [4.78, 5) is 11.2. The van der Waals surface area contributed by atoms with Gasteiger partial charge in [0.2, 0.25) is 0 Å². The topological polar surface area (TPSA) is 46.5 Å². The number of benzene rings is 1. The second kappa shape index (κ2) is 9.97. The summed E-state index contributed by atoms with van der Waals surface area (Å²) in [5, 5.41) is 9.19. The van der Waals surface area contributed by atoms with E-state index in [-0.39, 0.29) is 25.0 Å². The van der Waals surface area contributed by atoms with Gasteiger partial charge in [0.1, 0.15) is 11.3 Å². The van der Waals surface area contributed by atoms with Gasteiger partial charge in [-0.2, -0.15) is 0 Å². The summed E-state index contributed by atoms with van der Waals surface area (Å²) in [6, 6.07) is 5.36. The van der Waals surface area contributed by atoms with Gasteiger partial charge in [-0.1, -0.05) is 38.8 Å². The van der Waals surface area contributed by atoms with Gasteiger partial charge in [0.15, 0.2) is 0 Å². The van der Waals surface area contributed by atoms with E-state index in [0.717, 1.165) is 37.7 Å². The van der Waals surface area contributed by atoms with Crippen LogP contribution in [0.2, 0.25) is 0 Å². The fourth-order valence-electron chi connectivity index (χ4n) is 1.81. The van der Waals surface area contributed by atoms with Crippen LogP contribution in [0.25, 0.3) is 0 Å². The molecule has 1 aromatic carbocycles. The number of carbonyl (C=O) groups is 1. The summed E-state index contributed by atoms with van der Waals surface area (Å²) < 4.78 is 5.69. The number of carboxylic acid groups (broad SMARTS) is 1. The van der Waals surface area contributed by atoms with Crippen LogP contribution in [0.5, 0.6) is 5.75 Å². The predicted octanol–water partition coefficient (Wildman–Crippen LogP) is 3.90. The Labute approximate surface area is 128 Å². The Balaban J connectivity index is 0.00000324. The molecule has 0 aliphatic heterocycles. The number of hydrogen-bond donors (Lipinski definition) is 1. The van der Waals surface area contributed by atoms with Crippen molar-refractivity contribution in [1.29, 1.82) is 0 Å². The van der Waals surface area contributed by atoms with E-state index in [1.54, 1.807) is 12.1 Å². The molecule has 0 atom stereocenters. The first kappa shape index (κ1) is 18.1. The first-order valence-electron chi connectivity index (χ1n) is 6.68. The number of ether oxygens (including phenoxy) is 1. The van der Waals surface area contributed by atoms with Crippen LogP contribution in [0, 0.1) is 0 Å². The summed E-state index contributed by atoms with van der Waals surface area (Å²) in [7, 11) is 0. The largest absolute Gasteiger partial charge is 0.492 e. The third-order valence-electron chi connectivity index (χ3n) is 2.87. The van der Waals surface area contributed by atoms with Gasteiger partial charge < -0.3 is 9.84 Å². The Kier molecular flexibility index (Phi) is 9.50. The van der Waals surface area contributed by atoms with Crippen LogP contribution < -0.4 is 4.74 Å². The van der Waals surface area contributed by atoms with Crippen molar-refractivity contribution in [3.8, 4) is 5.75 Å². The van der Waals surface area contributed by atoms with Gasteiger partial charge in [0, 0.05) is 19.5 Å². The first-order valence-corrected chi connectivity index (χ1v) is 6.68. The van der Waals surface area contributed by atoms with E-state index in [1.165, 1.54) is 0 Å². The van der Waals surface area contributed by atoms with Gasteiger partial charge in [0.05, 0.1) is 6.61 Å². The molecule has 0 radical (unpaired) electrons. The molecule has 0 aromatic heterocycles. The predicted molar refractivity (Wildman–Crippen MR) is 72.4 cm³/mol. The minimum absolute atomic E-state index is 0. The van der Waals surface area contributed by atoms with Crippen molar-refractivity contribution in [3.63, 3.8) is 0 Å². The molecule has 0 amide bonds.